The van der Waals surface area contributed by atoms with Crippen molar-refractivity contribution in [1.82, 2.24) is 20.5 Å². The number of hydrogen-bond acceptors (Lipinski definition) is 5. The van der Waals surface area contributed by atoms with E-state index in [9.17, 15) is 9.59 Å². The van der Waals surface area contributed by atoms with E-state index in [1.807, 2.05) is 34.5 Å². The molecule has 0 saturated carbocycles. The average Bonchev–Trinajstić information content (AvgIpc) is 3.10. The maximum atomic E-state index is 13.0. The zero-order chi connectivity index (χ0) is 18.9. The van der Waals surface area contributed by atoms with Crippen LogP contribution in [0.1, 0.15) is 41.0 Å². The summed E-state index contributed by atoms with van der Waals surface area (Å²) in [6, 6.07) is 9.62. The molecule has 0 aromatic carbocycles. The van der Waals surface area contributed by atoms with Gasteiger partial charge in [0, 0.05) is 25.2 Å². The predicted molar refractivity (Wildman–Crippen MR) is 114 cm³/mol. The van der Waals surface area contributed by atoms with Crippen molar-refractivity contribution in [1.29, 1.82) is 0 Å². The third-order valence-corrected chi connectivity index (χ3v) is 5.60. The van der Waals surface area contributed by atoms with Crippen LogP contribution in [0, 0.1) is 0 Å². The highest BCUT2D eigenvalue weighted by atomic mass is 35.5. The van der Waals surface area contributed by atoms with Crippen LogP contribution in [-0.4, -0.2) is 47.4 Å². The number of aromatic nitrogens is 1. The molecule has 0 spiro atoms. The molecule has 1 unspecified atom stereocenters. The lowest BCUT2D eigenvalue weighted by molar-refractivity contribution is -0.134. The fourth-order valence-corrected chi connectivity index (χ4v) is 3.96. The molecule has 0 bridgehead atoms. The molecule has 1 aliphatic heterocycles. The summed E-state index contributed by atoms with van der Waals surface area (Å²) in [7, 11) is 0. The monoisotopic (exact) mass is 422 g/mol. The Labute approximate surface area is 176 Å². The van der Waals surface area contributed by atoms with E-state index in [1.54, 1.807) is 12.3 Å². The van der Waals surface area contributed by atoms with Crippen LogP contribution >= 0.6 is 23.7 Å². The fraction of sp³-hybridized carbons (Fsp3) is 0.450. The first kappa shape index (κ1) is 22.3. The highest BCUT2D eigenvalue weighted by Gasteiger charge is 2.25. The van der Waals surface area contributed by atoms with Crippen LogP contribution in [0.2, 0.25) is 0 Å². The Hall–Kier alpha value is -1.96. The smallest absolute Gasteiger partial charge is 0.261 e. The molecule has 2 aromatic rings. The van der Waals surface area contributed by atoms with Crippen molar-refractivity contribution in [2.24, 2.45) is 0 Å². The van der Waals surface area contributed by atoms with Gasteiger partial charge in [0.15, 0.2) is 0 Å². The van der Waals surface area contributed by atoms with Gasteiger partial charge < -0.3 is 15.5 Å². The van der Waals surface area contributed by atoms with Crippen LogP contribution in [-0.2, 0) is 11.3 Å². The van der Waals surface area contributed by atoms with Crippen LogP contribution in [0.3, 0.4) is 0 Å². The lowest BCUT2D eigenvalue weighted by Gasteiger charge is -2.31. The van der Waals surface area contributed by atoms with Gasteiger partial charge in [-0.05, 0) is 55.9 Å². The molecule has 0 aliphatic carbocycles. The van der Waals surface area contributed by atoms with E-state index in [4.69, 9.17) is 0 Å². The van der Waals surface area contributed by atoms with Crippen molar-refractivity contribution in [3.8, 4) is 0 Å². The number of rotatable bonds is 7. The largest absolute Gasteiger partial charge is 0.351 e. The third kappa shape index (κ3) is 6.58. The fourth-order valence-electron chi connectivity index (χ4n) is 3.32. The van der Waals surface area contributed by atoms with Crippen LogP contribution in [0.5, 0.6) is 0 Å². The molecule has 0 radical (unpaired) electrons. The Bertz CT molecular complexity index is 719. The van der Waals surface area contributed by atoms with Gasteiger partial charge in [0.2, 0.25) is 5.91 Å². The van der Waals surface area contributed by atoms with Crippen molar-refractivity contribution in [3.05, 3.63) is 52.5 Å². The second kappa shape index (κ2) is 11.8. The number of nitrogens with zero attached hydrogens (tertiary/aromatic N) is 2. The summed E-state index contributed by atoms with van der Waals surface area (Å²) in [6.07, 6.45) is 5.06. The van der Waals surface area contributed by atoms with Gasteiger partial charge in [-0.25, -0.2) is 0 Å². The van der Waals surface area contributed by atoms with E-state index in [0.717, 1.165) is 38.0 Å². The number of thiophene rings is 1. The molecule has 1 aliphatic rings. The number of carbonyl (C=O) groups is 2. The second-order valence-corrected chi connectivity index (χ2v) is 7.61. The molecule has 2 N–H and O–H groups in total. The Morgan fingerprint density at radius 1 is 1.21 bits per heavy atom. The van der Waals surface area contributed by atoms with Crippen molar-refractivity contribution in [2.45, 2.75) is 38.3 Å². The standard InChI is InChI=1S/C20H26N4O2S.ClH/c25-19(9-13-23-20(26)18-7-4-14-27-18)24(15-16-5-1-2-11-22-16)17-6-3-10-21-12-8-17;/h1-2,4-5,7,11,14,17,21H,3,6,8-10,12-13,15H2,(H,23,26);1H. The molecule has 28 heavy (non-hydrogen) atoms. The quantitative estimate of drug-likeness (QED) is 0.719. The van der Waals surface area contributed by atoms with E-state index in [-0.39, 0.29) is 30.3 Å². The summed E-state index contributed by atoms with van der Waals surface area (Å²) >= 11 is 1.40. The van der Waals surface area contributed by atoms with Crippen molar-refractivity contribution >= 4 is 35.6 Å². The number of pyridine rings is 1. The Kier molecular flexibility index (Phi) is 9.40. The van der Waals surface area contributed by atoms with Crippen LogP contribution in [0.4, 0.5) is 0 Å². The molecular formula is C20H27ClN4O2S. The van der Waals surface area contributed by atoms with Gasteiger partial charge in [0.05, 0.1) is 17.1 Å². The summed E-state index contributed by atoms with van der Waals surface area (Å²) in [6.45, 7) is 2.78. The zero-order valence-electron chi connectivity index (χ0n) is 15.8. The van der Waals surface area contributed by atoms with E-state index < -0.39 is 0 Å². The maximum Gasteiger partial charge on any atom is 0.261 e. The SMILES string of the molecule is Cl.O=C(NCCC(=O)N(Cc1ccccn1)C1CCCNCC1)c1cccs1. The normalized spacial score (nSPS) is 16.5. The van der Waals surface area contributed by atoms with Crippen LogP contribution in [0.25, 0.3) is 0 Å². The highest BCUT2D eigenvalue weighted by Crippen LogP contribution is 2.17. The summed E-state index contributed by atoms with van der Waals surface area (Å²) in [5.41, 5.74) is 0.894. The molecule has 2 aromatic heterocycles. The van der Waals surface area contributed by atoms with Crippen LogP contribution in [0.15, 0.2) is 41.9 Å². The number of amides is 2. The molecule has 2 amide bonds. The lowest BCUT2D eigenvalue weighted by Crippen LogP contribution is -2.42. The number of carbonyl (C=O) groups excluding carboxylic acids is 2. The van der Waals surface area contributed by atoms with E-state index in [2.05, 4.69) is 15.6 Å². The molecule has 1 saturated heterocycles. The van der Waals surface area contributed by atoms with Crippen molar-refractivity contribution in [3.63, 3.8) is 0 Å². The number of hydrogen-bond donors (Lipinski definition) is 2. The van der Waals surface area contributed by atoms with E-state index in [1.165, 1.54) is 11.3 Å². The molecule has 1 atom stereocenters. The lowest BCUT2D eigenvalue weighted by atomic mass is 10.1. The zero-order valence-corrected chi connectivity index (χ0v) is 17.4. The topological polar surface area (TPSA) is 74.3 Å². The first-order valence-electron chi connectivity index (χ1n) is 9.46. The predicted octanol–water partition coefficient (Wildman–Crippen LogP) is 2.86. The first-order chi connectivity index (χ1) is 13.2. The van der Waals surface area contributed by atoms with Gasteiger partial charge in [0.1, 0.15) is 0 Å². The van der Waals surface area contributed by atoms with Crippen molar-refractivity contribution < 1.29 is 9.59 Å². The molecule has 3 heterocycles. The molecule has 1 fully saturated rings. The summed E-state index contributed by atoms with van der Waals surface area (Å²) in [5, 5.41) is 8.11. The van der Waals surface area contributed by atoms with Gasteiger partial charge >= 0.3 is 0 Å². The Morgan fingerprint density at radius 3 is 2.86 bits per heavy atom. The molecule has 3 rings (SSSR count). The Morgan fingerprint density at radius 2 is 2.11 bits per heavy atom. The van der Waals surface area contributed by atoms with Crippen molar-refractivity contribution in [2.75, 3.05) is 19.6 Å². The number of halogens is 1. The molecule has 152 valence electrons. The van der Waals surface area contributed by atoms with Crippen LogP contribution < -0.4 is 10.6 Å². The van der Waals surface area contributed by atoms with Gasteiger partial charge in [0.25, 0.3) is 5.91 Å². The minimum atomic E-state index is -0.118. The van der Waals surface area contributed by atoms with E-state index >= 15 is 0 Å². The Balaban J connectivity index is 0.00000280. The summed E-state index contributed by atoms with van der Waals surface area (Å²) < 4.78 is 0. The maximum absolute atomic E-state index is 13.0. The minimum Gasteiger partial charge on any atom is -0.351 e. The third-order valence-electron chi connectivity index (χ3n) is 4.73. The van der Waals surface area contributed by atoms with Gasteiger partial charge in [-0.2, -0.15) is 0 Å². The summed E-state index contributed by atoms with van der Waals surface area (Å²) in [4.78, 5) is 32.0. The highest BCUT2D eigenvalue weighted by molar-refractivity contribution is 7.12. The van der Waals surface area contributed by atoms with Gasteiger partial charge in [-0.3, -0.25) is 14.6 Å². The second-order valence-electron chi connectivity index (χ2n) is 6.66. The average molecular weight is 423 g/mol. The minimum absolute atomic E-state index is 0. The van der Waals surface area contributed by atoms with Gasteiger partial charge in [-0.1, -0.05) is 12.1 Å². The molecular weight excluding hydrogens is 396 g/mol. The first-order valence-corrected chi connectivity index (χ1v) is 10.3. The summed E-state index contributed by atoms with van der Waals surface area (Å²) in [5.74, 6) is -0.0493. The molecule has 6 nitrogen and oxygen atoms in total. The number of nitrogens with one attached hydrogen (secondary N) is 2. The molecule has 8 heteroatoms. The van der Waals surface area contributed by atoms with E-state index in [0.29, 0.717) is 24.4 Å². The van der Waals surface area contributed by atoms with Gasteiger partial charge in [-0.15, -0.1) is 23.7 Å².